The fraction of sp³-hybridized carbons (Fsp3) is 0.190. The molecule has 1 atom stereocenters. The molecule has 3 aromatic rings. The van der Waals surface area contributed by atoms with Gasteiger partial charge in [0.2, 0.25) is 5.91 Å². The molecule has 1 unspecified atom stereocenters. The molecule has 1 aliphatic rings. The molecule has 9 heteroatoms. The van der Waals surface area contributed by atoms with Crippen LogP contribution >= 0.6 is 0 Å². The first-order valence-electron chi connectivity index (χ1n) is 9.35. The van der Waals surface area contributed by atoms with Crippen LogP contribution in [0.1, 0.15) is 23.7 Å². The maximum Gasteiger partial charge on any atom is 0.292 e. The predicted molar refractivity (Wildman–Crippen MR) is 111 cm³/mol. The Morgan fingerprint density at radius 1 is 1.20 bits per heavy atom. The molecule has 0 aliphatic carbocycles. The molecule has 2 heterocycles. The van der Waals surface area contributed by atoms with Gasteiger partial charge in [-0.25, -0.2) is 4.68 Å². The Morgan fingerprint density at radius 3 is 2.60 bits per heavy atom. The lowest BCUT2D eigenvalue weighted by Crippen LogP contribution is -2.24. The summed E-state index contributed by atoms with van der Waals surface area (Å²) >= 11 is 0. The van der Waals surface area contributed by atoms with Gasteiger partial charge in [0, 0.05) is 11.6 Å². The number of aromatic nitrogens is 2. The molecule has 1 aromatic heterocycles. The number of amides is 2. The van der Waals surface area contributed by atoms with E-state index in [0.29, 0.717) is 5.82 Å². The zero-order chi connectivity index (χ0) is 21.4. The number of hydrogen-bond donors (Lipinski definition) is 2. The number of benzene rings is 2. The number of nitrogens with one attached hydrogen (secondary N) is 2. The van der Waals surface area contributed by atoms with E-state index in [1.165, 1.54) is 22.9 Å². The van der Waals surface area contributed by atoms with Gasteiger partial charge in [-0.05, 0) is 25.5 Å². The van der Waals surface area contributed by atoms with E-state index in [1.807, 2.05) is 38.1 Å². The van der Waals surface area contributed by atoms with Crippen LogP contribution in [-0.2, 0) is 9.59 Å². The van der Waals surface area contributed by atoms with Crippen molar-refractivity contribution in [2.24, 2.45) is 0 Å². The van der Waals surface area contributed by atoms with E-state index in [2.05, 4.69) is 15.7 Å². The third-order valence-corrected chi connectivity index (χ3v) is 5.02. The Kier molecular flexibility index (Phi) is 4.78. The topological polar surface area (TPSA) is 119 Å². The molecule has 0 saturated carbocycles. The van der Waals surface area contributed by atoms with Gasteiger partial charge in [0.15, 0.2) is 0 Å². The fourth-order valence-corrected chi connectivity index (χ4v) is 3.56. The second-order valence-electron chi connectivity index (χ2n) is 7.15. The van der Waals surface area contributed by atoms with Crippen molar-refractivity contribution < 1.29 is 14.5 Å². The molecule has 0 spiro atoms. The molecule has 1 aliphatic heterocycles. The quantitative estimate of drug-likeness (QED) is 0.496. The summed E-state index contributed by atoms with van der Waals surface area (Å²) < 4.78 is 1.52. The SMILES string of the molecule is Cc1ccc(-c2c(C)nn3c2NC(=O)C3CC(=O)Nc2ccccc2[N+](=O)[O-])cc1. The number of nitro groups is 1. The lowest BCUT2D eigenvalue weighted by atomic mass is 10.0. The van der Waals surface area contributed by atoms with Gasteiger partial charge >= 0.3 is 0 Å². The smallest absolute Gasteiger partial charge is 0.292 e. The summed E-state index contributed by atoms with van der Waals surface area (Å²) in [7, 11) is 0. The molecule has 152 valence electrons. The number of nitro benzene ring substituents is 1. The summed E-state index contributed by atoms with van der Waals surface area (Å²) in [4.78, 5) is 35.7. The standard InChI is InChI=1S/C21H19N5O4/c1-12-7-9-14(10-8-12)19-13(2)24-25-17(21(28)23-20(19)25)11-18(27)22-15-5-3-4-6-16(15)26(29)30/h3-10,17H,11H2,1-2H3,(H,22,27)(H,23,28). The maximum absolute atomic E-state index is 12.5. The van der Waals surface area contributed by atoms with Crippen LogP contribution in [-0.4, -0.2) is 26.5 Å². The van der Waals surface area contributed by atoms with Crippen molar-refractivity contribution >= 4 is 29.0 Å². The Morgan fingerprint density at radius 2 is 1.90 bits per heavy atom. The summed E-state index contributed by atoms with van der Waals surface area (Å²) in [5.41, 5.74) is 3.46. The molecule has 2 N–H and O–H groups in total. The zero-order valence-electron chi connectivity index (χ0n) is 16.4. The van der Waals surface area contributed by atoms with Gasteiger partial charge in [-0.3, -0.25) is 19.7 Å². The number of fused-ring (bicyclic) bond motifs is 1. The van der Waals surface area contributed by atoms with Gasteiger partial charge in [0.05, 0.1) is 17.0 Å². The Hall–Kier alpha value is -4.01. The average Bonchev–Trinajstić information content (AvgIpc) is 3.17. The van der Waals surface area contributed by atoms with Crippen molar-refractivity contribution in [3.05, 3.63) is 69.9 Å². The number of rotatable bonds is 5. The van der Waals surface area contributed by atoms with E-state index in [4.69, 9.17) is 0 Å². The molecular formula is C21H19N5O4. The van der Waals surface area contributed by atoms with Crippen LogP contribution in [0.4, 0.5) is 17.2 Å². The number of hydrogen-bond acceptors (Lipinski definition) is 5. The lowest BCUT2D eigenvalue weighted by Gasteiger charge is -2.10. The van der Waals surface area contributed by atoms with Crippen LogP contribution in [0.3, 0.4) is 0 Å². The molecule has 30 heavy (non-hydrogen) atoms. The summed E-state index contributed by atoms with van der Waals surface area (Å²) in [5.74, 6) is -0.309. The van der Waals surface area contributed by atoms with E-state index >= 15 is 0 Å². The van der Waals surface area contributed by atoms with Crippen molar-refractivity contribution in [1.29, 1.82) is 0 Å². The van der Waals surface area contributed by atoms with E-state index < -0.39 is 16.9 Å². The summed E-state index contributed by atoms with van der Waals surface area (Å²) in [6.07, 6.45) is -0.195. The highest BCUT2D eigenvalue weighted by atomic mass is 16.6. The van der Waals surface area contributed by atoms with Gasteiger partial charge in [-0.1, -0.05) is 42.0 Å². The molecule has 0 fully saturated rings. The van der Waals surface area contributed by atoms with Crippen molar-refractivity contribution in [2.75, 3.05) is 10.6 Å². The average molecular weight is 405 g/mol. The molecule has 2 amide bonds. The van der Waals surface area contributed by atoms with Gasteiger partial charge in [0.25, 0.3) is 11.6 Å². The van der Waals surface area contributed by atoms with Gasteiger partial charge in [0.1, 0.15) is 17.5 Å². The van der Waals surface area contributed by atoms with E-state index in [0.717, 1.165) is 22.4 Å². The third-order valence-electron chi connectivity index (χ3n) is 5.02. The first kappa shape index (κ1) is 19.3. The van der Waals surface area contributed by atoms with Gasteiger partial charge < -0.3 is 10.6 Å². The summed E-state index contributed by atoms with van der Waals surface area (Å²) in [6.45, 7) is 3.84. The van der Waals surface area contributed by atoms with E-state index in [-0.39, 0.29) is 23.7 Å². The molecule has 4 rings (SSSR count). The Balaban J connectivity index is 1.59. The van der Waals surface area contributed by atoms with Crippen molar-refractivity contribution in [3.8, 4) is 11.1 Å². The van der Waals surface area contributed by atoms with Crippen LogP contribution in [0.5, 0.6) is 0 Å². The molecule has 0 saturated heterocycles. The van der Waals surface area contributed by atoms with Crippen LogP contribution in [0, 0.1) is 24.0 Å². The van der Waals surface area contributed by atoms with Gasteiger partial charge in [-0.2, -0.15) is 5.10 Å². The molecular weight excluding hydrogens is 386 g/mol. The van der Waals surface area contributed by atoms with Crippen molar-refractivity contribution in [2.45, 2.75) is 26.3 Å². The molecule has 0 radical (unpaired) electrons. The normalized spacial score (nSPS) is 14.9. The first-order chi connectivity index (χ1) is 14.3. The maximum atomic E-state index is 12.5. The highest BCUT2D eigenvalue weighted by Gasteiger charge is 2.36. The zero-order valence-corrected chi connectivity index (χ0v) is 16.4. The highest BCUT2D eigenvalue weighted by molar-refractivity contribution is 6.04. The fourth-order valence-electron chi connectivity index (χ4n) is 3.56. The molecule has 9 nitrogen and oxygen atoms in total. The van der Waals surface area contributed by atoms with Crippen LogP contribution in [0.2, 0.25) is 0 Å². The number of aryl methyl sites for hydroxylation is 2. The van der Waals surface area contributed by atoms with Crippen LogP contribution in [0.25, 0.3) is 11.1 Å². The Labute approximate surface area is 171 Å². The first-order valence-corrected chi connectivity index (χ1v) is 9.35. The van der Waals surface area contributed by atoms with E-state index in [1.54, 1.807) is 6.07 Å². The lowest BCUT2D eigenvalue weighted by molar-refractivity contribution is -0.383. The van der Waals surface area contributed by atoms with Crippen LogP contribution < -0.4 is 10.6 Å². The minimum atomic E-state index is -0.833. The predicted octanol–water partition coefficient (Wildman–Crippen LogP) is 3.60. The minimum Gasteiger partial charge on any atom is -0.320 e. The number of para-hydroxylation sites is 2. The number of nitrogens with zero attached hydrogens (tertiary/aromatic N) is 3. The second kappa shape index (κ2) is 7.43. The third kappa shape index (κ3) is 3.41. The number of anilines is 2. The Bertz CT molecular complexity index is 1170. The molecule has 2 aromatic carbocycles. The van der Waals surface area contributed by atoms with Crippen LogP contribution in [0.15, 0.2) is 48.5 Å². The monoisotopic (exact) mass is 405 g/mol. The van der Waals surface area contributed by atoms with E-state index in [9.17, 15) is 19.7 Å². The molecule has 0 bridgehead atoms. The number of carbonyl (C=O) groups excluding carboxylic acids is 2. The van der Waals surface area contributed by atoms with Crippen molar-refractivity contribution in [3.63, 3.8) is 0 Å². The van der Waals surface area contributed by atoms with Gasteiger partial charge in [-0.15, -0.1) is 0 Å². The number of carbonyl (C=O) groups is 2. The van der Waals surface area contributed by atoms with Crippen molar-refractivity contribution in [1.82, 2.24) is 9.78 Å². The largest absolute Gasteiger partial charge is 0.320 e. The summed E-state index contributed by atoms with van der Waals surface area (Å²) in [5, 5.41) is 21.0. The summed E-state index contributed by atoms with van der Waals surface area (Å²) in [6, 6.07) is 12.9. The highest BCUT2D eigenvalue weighted by Crippen LogP contribution is 2.38. The second-order valence-corrected chi connectivity index (χ2v) is 7.15. The minimum absolute atomic E-state index is 0.0862.